The van der Waals surface area contributed by atoms with Gasteiger partial charge < -0.3 is 18.9 Å². The van der Waals surface area contributed by atoms with E-state index in [2.05, 4.69) is 9.98 Å². The summed E-state index contributed by atoms with van der Waals surface area (Å²) < 4.78 is 21.6. The second-order valence-corrected chi connectivity index (χ2v) is 4.86. The van der Waals surface area contributed by atoms with E-state index in [1.165, 1.54) is 52.7 Å². The van der Waals surface area contributed by atoms with E-state index < -0.39 is 0 Å². The number of nitrogens with zero attached hydrogens (tertiary/aromatic N) is 2. The summed E-state index contributed by atoms with van der Waals surface area (Å²) in [4.78, 5) is 28.6. The highest BCUT2D eigenvalue weighted by Gasteiger charge is 2.21. The predicted molar refractivity (Wildman–Crippen MR) is 93.6 cm³/mol. The van der Waals surface area contributed by atoms with Gasteiger partial charge in [-0.05, 0) is 12.1 Å². The number of aliphatic imine (C=N–C) groups is 2. The molecule has 0 radical (unpaired) electrons. The molecule has 2 aromatic carbocycles. The Bertz CT molecular complexity index is 837. The normalized spacial score (nSPS) is 9.54. The highest BCUT2D eigenvalue weighted by Crippen LogP contribution is 2.48. The standard InChI is InChI=1S/C18H16N2O6/c1-23-15-7-11(19-9-21)5-13(17(15)25-3)14-6-12(20-10-22)8-16(24-2)18(14)26-4/h5-8H,1-4H3. The van der Waals surface area contributed by atoms with Crippen LogP contribution in [-0.2, 0) is 9.59 Å². The van der Waals surface area contributed by atoms with Crippen molar-refractivity contribution in [3.8, 4) is 34.1 Å². The zero-order chi connectivity index (χ0) is 19.1. The third-order valence-corrected chi connectivity index (χ3v) is 3.57. The summed E-state index contributed by atoms with van der Waals surface area (Å²) in [6, 6.07) is 6.25. The molecule has 0 aliphatic carbocycles. The van der Waals surface area contributed by atoms with Gasteiger partial charge in [0.2, 0.25) is 12.2 Å². The van der Waals surface area contributed by atoms with E-state index in [4.69, 9.17) is 18.9 Å². The van der Waals surface area contributed by atoms with Gasteiger partial charge in [0, 0.05) is 23.3 Å². The molecule has 0 saturated heterocycles. The minimum Gasteiger partial charge on any atom is -0.493 e. The first-order valence-electron chi connectivity index (χ1n) is 7.31. The zero-order valence-electron chi connectivity index (χ0n) is 14.7. The first kappa shape index (κ1) is 18.7. The predicted octanol–water partition coefficient (Wildman–Crippen LogP) is 3.32. The van der Waals surface area contributed by atoms with Crippen LogP contribution in [0.1, 0.15) is 0 Å². The van der Waals surface area contributed by atoms with Crippen molar-refractivity contribution in [1.29, 1.82) is 0 Å². The van der Waals surface area contributed by atoms with Gasteiger partial charge in [-0.2, -0.15) is 9.98 Å². The number of benzene rings is 2. The van der Waals surface area contributed by atoms with Gasteiger partial charge in [0.15, 0.2) is 23.0 Å². The largest absolute Gasteiger partial charge is 0.493 e. The van der Waals surface area contributed by atoms with Gasteiger partial charge in [0.25, 0.3) is 0 Å². The summed E-state index contributed by atoms with van der Waals surface area (Å²) in [5, 5.41) is 0. The highest BCUT2D eigenvalue weighted by atomic mass is 16.5. The smallest absolute Gasteiger partial charge is 0.240 e. The summed E-state index contributed by atoms with van der Waals surface area (Å²) in [6.45, 7) is 0. The van der Waals surface area contributed by atoms with Gasteiger partial charge in [-0.3, -0.25) is 0 Å². The van der Waals surface area contributed by atoms with Crippen molar-refractivity contribution in [2.75, 3.05) is 28.4 Å². The number of rotatable bonds is 7. The van der Waals surface area contributed by atoms with E-state index in [9.17, 15) is 9.59 Å². The molecule has 0 bridgehead atoms. The maximum absolute atomic E-state index is 10.7. The van der Waals surface area contributed by atoms with Gasteiger partial charge >= 0.3 is 0 Å². The van der Waals surface area contributed by atoms with E-state index >= 15 is 0 Å². The summed E-state index contributed by atoms with van der Waals surface area (Å²) in [6.07, 6.45) is 2.97. The molecule has 0 atom stereocenters. The van der Waals surface area contributed by atoms with Crippen LogP contribution in [0.25, 0.3) is 11.1 Å². The fourth-order valence-electron chi connectivity index (χ4n) is 2.53. The number of hydrogen-bond donors (Lipinski definition) is 0. The Kier molecular flexibility index (Phi) is 6.11. The molecule has 0 amide bonds. The van der Waals surface area contributed by atoms with Crippen LogP contribution in [0.5, 0.6) is 23.0 Å². The SMILES string of the molecule is COc1cc(N=C=O)cc(-c2cc(N=C=O)cc(OC)c2OC)c1OC. The van der Waals surface area contributed by atoms with Crippen LogP contribution in [0.3, 0.4) is 0 Å². The van der Waals surface area contributed by atoms with Gasteiger partial charge in [0.1, 0.15) is 0 Å². The molecule has 0 N–H and O–H groups in total. The van der Waals surface area contributed by atoms with Gasteiger partial charge in [-0.25, -0.2) is 9.59 Å². The lowest BCUT2D eigenvalue weighted by Crippen LogP contribution is -1.97. The lowest BCUT2D eigenvalue weighted by atomic mass is 10.0. The quantitative estimate of drug-likeness (QED) is 0.558. The van der Waals surface area contributed by atoms with E-state index in [0.29, 0.717) is 45.5 Å². The van der Waals surface area contributed by atoms with Crippen molar-refractivity contribution in [2.45, 2.75) is 0 Å². The molecule has 2 rings (SSSR count). The van der Waals surface area contributed by atoms with E-state index in [0.717, 1.165) is 0 Å². The maximum atomic E-state index is 10.7. The summed E-state index contributed by atoms with van der Waals surface area (Å²) in [7, 11) is 5.87. The van der Waals surface area contributed by atoms with E-state index in [1.54, 1.807) is 12.1 Å². The molecule has 0 fully saturated rings. The van der Waals surface area contributed by atoms with Crippen LogP contribution in [0.2, 0.25) is 0 Å². The minimum absolute atomic E-state index is 0.304. The molecular weight excluding hydrogens is 340 g/mol. The molecule has 0 aromatic heterocycles. The van der Waals surface area contributed by atoms with E-state index in [1.807, 2.05) is 0 Å². The average Bonchev–Trinajstić information content (AvgIpc) is 2.66. The number of hydrogen-bond acceptors (Lipinski definition) is 8. The number of ether oxygens (including phenoxy) is 4. The third kappa shape index (κ3) is 3.57. The zero-order valence-corrected chi connectivity index (χ0v) is 14.7. The Hall–Kier alpha value is -3.60. The average molecular weight is 356 g/mol. The molecule has 0 aliphatic heterocycles. The summed E-state index contributed by atoms with van der Waals surface area (Å²) >= 11 is 0. The second-order valence-electron chi connectivity index (χ2n) is 4.86. The van der Waals surface area contributed by atoms with Crippen molar-refractivity contribution in [2.24, 2.45) is 9.98 Å². The highest BCUT2D eigenvalue weighted by molar-refractivity contribution is 5.85. The van der Waals surface area contributed by atoms with Crippen molar-refractivity contribution in [3.05, 3.63) is 24.3 Å². The molecule has 134 valence electrons. The first-order valence-corrected chi connectivity index (χ1v) is 7.31. The fourth-order valence-corrected chi connectivity index (χ4v) is 2.53. The third-order valence-electron chi connectivity index (χ3n) is 3.57. The molecule has 8 heteroatoms. The van der Waals surface area contributed by atoms with E-state index in [-0.39, 0.29) is 0 Å². The second kappa shape index (κ2) is 8.48. The lowest BCUT2D eigenvalue weighted by molar-refractivity contribution is 0.352. The minimum atomic E-state index is 0.304. The Balaban J connectivity index is 2.92. The Morgan fingerprint density at radius 2 is 1.04 bits per heavy atom. The molecule has 0 unspecified atom stereocenters. The molecule has 0 spiro atoms. The summed E-state index contributed by atoms with van der Waals surface area (Å²) in [5.74, 6) is 1.46. The molecule has 2 aromatic rings. The Morgan fingerprint density at radius 1 is 0.654 bits per heavy atom. The van der Waals surface area contributed by atoms with Gasteiger partial charge in [-0.1, -0.05) is 0 Å². The monoisotopic (exact) mass is 356 g/mol. The molecule has 0 heterocycles. The molecule has 0 aliphatic rings. The van der Waals surface area contributed by atoms with Crippen molar-refractivity contribution < 1.29 is 28.5 Å². The van der Waals surface area contributed by atoms with Crippen LogP contribution >= 0.6 is 0 Å². The van der Waals surface area contributed by atoms with Gasteiger partial charge in [0.05, 0.1) is 39.8 Å². The van der Waals surface area contributed by atoms with Gasteiger partial charge in [-0.15, -0.1) is 0 Å². The van der Waals surface area contributed by atoms with Crippen LogP contribution in [0, 0.1) is 0 Å². The van der Waals surface area contributed by atoms with Crippen LogP contribution in [0.4, 0.5) is 11.4 Å². The molecule has 0 saturated carbocycles. The maximum Gasteiger partial charge on any atom is 0.240 e. The number of methoxy groups -OCH3 is 4. The molecule has 26 heavy (non-hydrogen) atoms. The Morgan fingerprint density at radius 3 is 1.31 bits per heavy atom. The van der Waals surface area contributed by atoms with Crippen LogP contribution in [-0.4, -0.2) is 40.6 Å². The number of carbonyl (C=O) groups excluding carboxylic acids is 2. The first-order chi connectivity index (χ1) is 12.6. The van der Waals surface area contributed by atoms with Crippen LogP contribution in [0.15, 0.2) is 34.3 Å². The molecule has 8 nitrogen and oxygen atoms in total. The lowest BCUT2D eigenvalue weighted by Gasteiger charge is -2.18. The van der Waals surface area contributed by atoms with Crippen molar-refractivity contribution >= 4 is 23.5 Å². The summed E-state index contributed by atoms with van der Waals surface area (Å²) in [5.41, 5.74) is 1.61. The molecular formula is C18H16N2O6. The Labute approximate surface area is 149 Å². The number of isocyanates is 2. The fraction of sp³-hybridized carbons (Fsp3) is 0.222. The van der Waals surface area contributed by atoms with Crippen molar-refractivity contribution in [1.82, 2.24) is 0 Å². The van der Waals surface area contributed by atoms with Crippen LogP contribution < -0.4 is 18.9 Å². The topological polar surface area (TPSA) is 95.8 Å². The van der Waals surface area contributed by atoms with Crippen molar-refractivity contribution in [3.63, 3.8) is 0 Å².